The summed E-state index contributed by atoms with van der Waals surface area (Å²) >= 11 is 16.5. The molecule has 96 valence electrons. The zero-order valence-corrected chi connectivity index (χ0v) is 13.2. The minimum Gasteiger partial charge on any atom is -0.309 e. The van der Waals surface area contributed by atoms with Crippen molar-refractivity contribution in [1.29, 1.82) is 0 Å². The number of thiophene rings is 1. The predicted molar refractivity (Wildman–Crippen MR) is 79.3 cm³/mol. The zero-order chi connectivity index (χ0) is 13.3. The van der Waals surface area contributed by atoms with Crippen LogP contribution in [0.3, 0.4) is 0 Å². The van der Waals surface area contributed by atoms with Gasteiger partial charge in [0.1, 0.15) is 5.82 Å². The summed E-state index contributed by atoms with van der Waals surface area (Å²) in [6.45, 7) is 0. The summed E-state index contributed by atoms with van der Waals surface area (Å²) in [4.78, 5) is 0. The summed E-state index contributed by atoms with van der Waals surface area (Å²) in [6.07, 6.45) is 0. The van der Waals surface area contributed by atoms with Crippen LogP contribution in [0.5, 0.6) is 0 Å². The van der Waals surface area contributed by atoms with E-state index in [9.17, 15) is 4.39 Å². The Bertz CT molecular complexity index is 573. The quantitative estimate of drug-likeness (QED) is 0.778. The summed E-state index contributed by atoms with van der Waals surface area (Å²) in [5.74, 6) is -0.301. The summed E-state index contributed by atoms with van der Waals surface area (Å²) in [5, 5.41) is 3.12. The standard InChI is InChI=1S/C12H9BrCl2FNS/c1-17-11(7-5-10(14)18-12(7)15)6-2-3-8(13)9(16)4-6/h2-5,11,17H,1H3. The molecule has 0 amide bonds. The molecule has 0 aliphatic rings. The molecule has 0 aliphatic carbocycles. The van der Waals surface area contributed by atoms with Crippen molar-refractivity contribution in [3.05, 3.63) is 54.4 Å². The molecule has 18 heavy (non-hydrogen) atoms. The molecule has 2 aromatic rings. The number of halogens is 4. The van der Waals surface area contributed by atoms with Crippen LogP contribution in [0.2, 0.25) is 8.67 Å². The van der Waals surface area contributed by atoms with E-state index in [1.165, 1.54) is 17.4 Å². The Kier molecular flexibility index (Phi) is 4.67. The van der Waals surface area contributed by atoms with E-state index in [1.54, 1.807) is 19.2 Å². The summed E-state index contributed by atoms with van der Waals surface area (Å²) in [5.41, 5.74) is 1.66. The average molecular weight is 369 g/mol. The third-order valence-corrected chi connectivity index (χ3v) is 4.72. The first-order valence-electron chi connectivity index (χ1n) is 5.10. The second-order valence-corrected chi connectivity index (χ2v) is 6.81. The molecule has 1 aromatic heterocycles. The number of benzene rings is 1. The summed E-state index contributed by atoms with van der Waals surface area (Å²) in [6, 6.07) is 6.62. The topological polar surface area (TPSA) is 12.0 Å². The van der Waals surface area contributed by atoms with E-state index in [0.29, 0.717) is 13.1 Å². The van der Waals surface area contributed by atoms with Gasteiger partial charge in [-0.25, -0.2) is 4.39 Å². The molecule has 0 aliphatic heterocycles. The lowest BCUT2D eigenvalue weighted by atomic mass is 10.0. The third-order valence-electron chi connectivity index (χ3n) is 2.56. The van der Waals surface area contributed by atoms with Gasteiger partial charge < -0.3 is 5.32 Å². The smallest absolute Gasteiger partial charge is 0.137 e. The predicted octanol–water partition coefficient (Wildman–Crippen LogP) is 5.27. The van der Waals surface area contributed by atoms with Crippen molar-refractivity contribution < 1.29 is 4.39 Å². The Morgan fingerprint density at radius 2 is 2.06 bits per heavy atom. The van der Waals surface area contributed by atoms with Crippen LogP contribution >= 0.6 is 50.5 Å². The maximum absolute atomic E-state index is 13.6. The molecule has 1 heterocycles. The fraction of sp³-hybridized carbons (Fsp3) is 0.167. The van der Waals surface area contributed by atoms with Gasteiger partial charge in [-0.1, -0.05) is 29.3 Å². The van der Waals surface area contributed by atoms with Gasteiger partial charge in [-0.15, -0.1) is 11.3 Å². The van der Waals surface area contributed by atoms with E-state index >= 15 is 0 Å². The van der Waals surface area contributed by atoms with Crippen LogP contribution in [-0.4, -0.2) is 7.05 Å². The van der Waals surface area contributed by atoms with Crippen LogP contribution in [0.4, 0.5) is 4.39 Å². The van der Waals surface area contributed by atoms with Crippen molar-refractivity contribution in [2.45, 2.75) is 6.04 Å². The van der Waals surface area contributed by atoms with Gasteiger partial charge in [0.15, 0.2) is 0 Å². The molecular formula is C12H9BrCl2FNS. The lowest BCUT2D eigenvalue weighted by Crippen LogP contribution is -2.17. The number of hydrogen-bond donors (Lipinski definition) is 1. The molecule has 0 bridgehead atoms. The lowest BCUT2D eigenvalue weighted by Gasteiger charge is -2.16. The Labute approximate surface area is 127 Å². The van der Waals surface area contributed by atoms with Gasteiger partial charge >= 0.3 is 0 Å². The molecular weight excluding hydrogens is 360 g/mol. The normalized spacial score (nSPS) is 12.7. The first kappa shape index (κ1) is 14.3. The van der Waals surface area contributed by atoms with Crippen LogP contribution in [0.25, 0.3) is 0 Å². The molecule has 1 atom stereocenters. The van der Waals surface area contributed by atoms with Gasteiger partial charge in [-0.05, 0) is 46.7 Å². The highest BCUT2D eigenvalue weighted by Gasteiger charge is 2.18. The summed E-state index contributed by atoms with van der Waals surface area (Å²) in [7, 11) is 1.80. The molecule has 0 saturated carbocycles. The molecule has 1 N–H and O–H groups in total. The molecule has 2 rings (SSSR count). The molecule has 1 aromatic carbocycles. The van der Waals surface area contributed by atoms with Gasteiger partial charge in [0.05, 0.1) is 19.2 Å². The van der Waals surface area contributed by atoms with Crippen molar-refractivity contribution in [2.75, 3.05) is 7.05 Å². The number of nitrogens with one attached hydrogen (secondary N) is 1. The highest BCUT2D eigenvalue weighted by atomic mass is 79.9. The van der Waals surface area contributed by atoms with Crippen molar-refractivity contribution in [3.8, 4) is 0 Å². The second kappa shape index (κ2) is 5.88. The van der Waals surface area contributed by atoms with Crippen molar-refractivity contribution in [1.82, 2.24) is 5.32 Å². The van der Waals surface area contributed by atoms with Crippen molar-refractivity contribution >= 4 is 50.5 Å². The lowest BCUT2D eigenvalue weighted by molar-refractivity contribution is 0.611. The fourth-order valence-electron chi connectivity index (χ4n) is 1.74. The number of hydrogen-bond acceptors (Lipinski definition) is 2. The van der Waals surface area contributed by atoms with E-state index in [2.05, 4.69) is 21.2 Å². The van der Waals surface area contributed by atoms with Gasteiger partial charge in [-0.3, -0.25) is 0 Å². The molecule has 1 nitrogen and oxygen atoms in total. The van der Waals surface area contributed by atoms with E-state index in [1.807, 2.05) is 6.07 Å². The van der Waals surface area contributed by atoms with Crippen LogP contribution in [0.1, 0.15) is 17.2 Å². The SMILES string of the molecule is CNC(c1ccc(Br)c(F)c1)c1cc(Cl)sc1Cl. The Morgan fingerprint density at radius 1 is 1.33 bits per heavy atom. The van der Waals surface area contributed by atoms with Gasteiger partial charge in [0.2, 0.25) is 0 Å². The Hall–Kier alpha value is -0.130. The maximum Gasteiger partial charge on any atom is 0.137 e. The van der Waals surface area contributed by atoms with E-state index in [0.717, 1.165) is 11.1 Å². The molecule has 0 radical (unpaired) electrons. The monoisotopic (exact) mass is 367 g/mol. The van der Waals surface area contributed by atoms with Gasteiger partial charge in [0, 0.05) is 5.56 Å². The Balaban J connectivity index is 2.45. The van der Waals surface area contributed by atoms with Crippen molar-refractivity contribution in [2.24, 2.45) is 0 Å². The maximum atomic E-state index is 13.6. The molecule has 0 saturated heterocycles. The van der Waals surface area contributed by atoms with E-state index in [-0.39, 0.29) is 11.9 Å². The van der Waals surface area contributed by atoms with Crippen LogP contribution in [0.15, 0.2) is 28.7 Å². The Morgan fingerprint density at radius 3 is 2.56 bits per heavy atom. The van der Waals surface area contributed by atoms with Crippen LogP contribution < -0.4 is 5.32 Å². The van der Waals surface area contributed by atoms with E-state index in [4.69, 9.17) is 23.2 Å². The first-order valence-corrected chi connectivity index (χ1v) is 7.46. The third kappa shape index (κ3) is 2.89. The largest absolute Gasteiger partial charge is 0.309 e. The highest BCUT2D eigenvalue weighted by molar-refractivity contribution is 9.10. The number of rotatable bonds is 3. The van der Waals surface area contributed by atoms with Gasteiger partial charge in [0.25, 0.3) is 0 Å². The summed E-state index contributed by atoms with van der Waals surface area (Å²) < 4.78 is 15.2. The zero-order valence-electron chi connectivity index (χ0n) is 9.31. The minimum atomic E-state index is -0.301. The fourth-order valence-corrected chi connectivity index (χ4v) is 3.52. The highest BCUT2D eigenvalue weighted by Crippen LogP contribution is 2.37. The minimum absolute atomic E-state index is 0.177. The molecule has 1 unspecified atom stereocenters. The molecule has 6 heteroatoms. The van der Waals surface area contributed by atoms with E-state index < -0.39 is 0 Å². The van der Waals surface area contributed by atoms with Crippen LogP contribution in [0, 0.1) is 5.82 Å². The first-order chi connectivity index (χ1) is 8.52. The molecule has 0 fully saturated rings. The van der Waals surface area contributed by atoms with Crippen molar-refractivity contribution in [3.63, 3.8) is 0 Å². The second-order valence-electron chi connectivity index (χ2n) is 3.67. The molecule has 0 spiro atoms. The average Bonchev–Trinajstić information content (AvgIpc) is 2.64. The van der Waals surface area contributed by atoms with Crippen LogP contribution in [-0.2, 0) is 0 Å². The van der Waals surface area contributed by atoms with Gasteiger partial charge in [-0.2, -0.15) is 0 Å².